The van der Waals surface area contributed by atoms with E-state index in [-0.39, 0.29) is 29.0 Å². The third-order valence-corrected chi connectivity index (χ3v) is 4.13. The van der Waals surface area contributed by atoms with Crippen LogP contribution in [-0.2, 0) is 4.79 Å². The van der Waals surface area contributed by atoms with Crippen LogP contribution in [0.25, 0.3) is 0 Å². The maximum atomic E-state index is 12.3. The molecule has 1 aliphatic carbocycles. The number of amides is 1. The summed E-state index contributed by atoms with van der Waals surface area (Å²) in [6.45, 7) is 2.01. The molecule has 8 nitrogen and oxygen atoms in total. The van der Waals surface area contributed by atoms with Crippen molar-refractivity contribution in [3.05, 3.63) is 33.9 Å². The van der Waals surface area contributed by atoms with E-state index >= 15 is 0 Å². The quantitative estimate of drug-likeness (QED) is 0.608. The first-order valence-corrected chi connectivity index (χ1v) is 7.87. The molecule has 0 unspecified atom stereocenters. The van der Waals surface area contributed by atoms with Gasteiger partial charge in [-0.2, -0.15) is 0 Å². The monoisotopic (exact) mass is 336 g/mol. The Morgan fingerprint density at radius 3 is 2.54 bits per heavy atom. The summed E-state index contributed by atoms with van der Waals surface area (Å²) in [5.41, 5.74) is -0.0652. The molecule has 1 saturated carbocycles. The first-order valence-electron chi connectivity index (χ1n) is 7.87. The van der Waals surface area contributed by atoms with E-state index in [2.05, 4.69) is 5.32 Å². The van der Waals surface area contributed by atoms with Crippen LogP contribution >= 0.6 is 0 Å². The molecule has 0 saturated heterocycles. The SMILES string of the molecule is CCOc1ccc(C(=O)NC2CCC(C(=O)O)CC2)cc1[N+](=O)[O-]. The van der Waals surface area contributed by atoms with Crippen LogP contribution in [0.2, 0.25) is 0 Å². The van der Waals surface area contributed by atoms with Gasteiger partial charge in [0.1, 0.15) is 0 Å². The fourth-order valence-electron chi connectivity index (χ4n) is 2.83. The number of carbonyl (C=O) groups excluding carboxylic acids is 1. The van der Waals surface area contributed by atoms with Crippen molar-refractivity contribution in [2.45, 2.75) is 38.6 Å². The predicted molar refractivity (Wildman–Crippen MR) is 85.1 cm³/mol. The summed E-state index contributed by atoms with van der Waals surface area (Å²) < 4.78 is 5.19. The average molecular weight is 336 g/mol. The molecule has 0 heterocycles. The lowest BCUT2D eigenvalue weighted by Gasteiger charge is -2.26. The maximum absolute atomic E-state index is 12.3. The molecule has 1 aliphatic rings. The number of nitro benzene ring substituents is 1. The van der Waals surface area contributed by atoms with Crippen LogP contribution < -0.4 is 10.1 Å². The lowest BCUT2D eigenvalue weighted by atomic mass is 9.86. The van der Waals surface area contributed by atoms with Gasteiger partial charge in [-0.15, -0.1) is 0 Å². The molecule has 0 radical (unpaired) electrons. The summed E-state index contributed by atoms with van der Waals surface area (Å²) in [4.78, 5) is 33.7. The molecule has 8 heteroatoms. The molecule has 0 spiro atoms. The summed E-state index contributed by atoms with van der Waals surface area (Å²) in [7, 11) is 0. The lowest BCUT2D eigenvalue weighted by Crippen LogP contribution is -2.38. The van der Waals surface area contributed by atoms with Crippen molar-refractivity contribution in [3.8, 4) is 5.75 Å². The van der Waals surface area contributed by atoms with E-state index in [1.54, 1.807) is 6.92 Å². The summed E-state index contributed by atoms with van der Waals surface area (Å²) in [5, 5.41) is 22.9. The Balaban J connectivity index is 2.04. The van der Waals surface area contributed by atoms with Crippen LogP contribution in [-0.4, -0.2) is 34.6 Å². The van der Waals surface area contributed by atoms with E-state index in [9.17, 15) is 19.7 Å². The normalized spacial score (nSPS) is 20.2. The van der Waals surface area contributed by atoms with Crippen LogP contribution in [0.1, 0.15) is 43.0 Å². The second-order valence-electron chi connectivity index (χ2n) is 5.73. The van der Waals surface area contributed by atoms with Crippen molar-refractivity contribution >= 4 is 17.6 Å². The number of hydrogen-bond donors (Lipinski definition) is 2. The number of nitrogens with one attached hydrogen (secondary N) is 1. The summed E-state index contributed by atoms with van der Waals surface area (Å²) in [5.74, 6) is -1.44. The highest BCUT2D eigenvalue weighted by atomic mass is 16.6. The standard InChI is InChI=1S/C16H20N2O6/c1-2-24-14-8-5-11(9-13(14)18(22)23)15(19)17-12-6-3-10(4-7-12)16(20)21/h5,8-10,12H,2-4,6-7H2,1H3,(H,17,19)(H,20,21). The number of benzene rings is 1. The van der Waals surface area contributed by atoms with Crippen molar-refractivity contribution in [2.24, 2.45) is 5.92 Å². The Labute approximate surface area is 139 Å². The molecule has 0 aromatic heterocycles. The molecule has 130 valence electrons. The van der Waals surface area contributed by atoms with Gasteiger partial charge in [0, 0.05) is 17.7 Å². The highest BCUT2D eigenvalue weighted by Gasteiger charge is 2.27. The van der Waals surface area contributed by atoms with Crippen LogP contribution in [0.3, 0.4) is 0 Å². The van der Waals surface area contributed by atoms with E-state index in [0.29, 0.717) is 32.3 Å². The average Bonchev–Trinajstić information content (AvgIpc) is 2.55. The number of ether oxygens (including phenoxy) is 1. The van der Waals surface area contributed by atoms with Gasteiger partial charge in [-0.3, -0.25) is 19.7 Å². The molecule has 2 N–H and O–H groups in total. The van der Waals surface area contributed by atoms with Gasteiger partial charge in [-0.05, 0) is 44.7 Å². The Hall–Kier alpha value is -2.64. The molecule has 0 atom stereocenters. The van der Waals surface area contributed by atoms with Crippen LogP contribution in [0.5, 0.6) is 5.75 Å². The minimum absolute atomic E-state index is 0.112. The Morgan fingerprint density at radius 2 is 2.00 bits per heavy atom. The number of carboxylic acids is 1. The minimum atomic E-state index is -0.804. The van der Waals surface area contributed by atoms with E-state index < -0.39 is 16.8 Å². The molecule has 0 aliphatic heterocycles. The van der Waals surface area contributed by atoms with Gasteiger partial charge < -0.3 is 15.2 Å². The molecular formula is C16H20N2O6. The fourth-order valence-corrected chi connectivity index (χ4v) is 2.83. The molecule has 2 rings (SSSR count). The van der Waals surface area contributed by atoms with E-state index in [4.69, 9.17) is 9.84 Å². The number of hydrogen-bond acceptors (Lipinski definition) is 5. The minimum Gasteiger partial charge on any atom is -0.487 e. The summed E-state index contributed by atoms with van der Waals surface area (Å²) in [6.07, 6.45) is 2.21. The van der Waals surface area contributed by atoms with Crippen molar-refractivity contribution in [1.82, 2.24) is 5.32 Å². The van der Waals surface area contributed by atoms with Gasteiger partial charge in [-0.1, -0.05) is 0 Å². The van der Waals surface area contributed by atoms with Crippen LogP contribution in [0.15, 0.2) is 18.2 Å². The highest BCUT2D eigenvalue weighted by molar-refractivity contribution is 5.95. The van der Waals surface area contributed by atoms with Gasteiger partial charge in [-0.25, -0.2) is 0 Å². The first-order chi connectivity index (χ1) is 11.4. The van der Waals surface area contributed by atoms with Crippen molar-refractivity contribution in [3.63, 3.8) is 0 Å². The number of carboxylic acid groups (broad SMARTS) is 1. The molecule has 1 aromatic rings. The van der Waals surface area contributed by atoms with Gasteiger partial charge in [0.05, 0.1) is 17.4 Å². The van der Waals surface area contributed by atoms with Gasteiger partial charge in [0.25, 0.3) is 5.91 Å². The third kappa shape index (κ3) is 4.21. The Bertz CT molecular complexity index is 637. The Morgan fingerprint density at radius 1 is 1.33 bits per heavy atom. The van der Waals surface area contributed by atoms with Gasteiger partial charge in [0.2, 0.25) is 0 Å². The molecule has 1 aromatic carbocycles. The zero-order chi connectivity index (χ0) is 17.7. The molecule has 1 amide bonds. The third-order valence-electron chi connectivity index (χ3n) is 4.13. The summed E-state index contributed by atoms with van der Waals surface area (Å²) >= 11 is 0. The molecular weight excluding hydrogens is 316 g/mol. The van der Waals surface area contributed by atoms with E-state index in [1.165, 1.54) is 18.2 Å². The zero-order valence-corrected chi connectivity index (χ0v) is 13.4. The van der Waals surface area contributed by atoms with Crippen molar-refractivity contribution < 1.29 is 24.4 Å². The smallest absolute Gasteiger partial charge is 0.311 e. The predicted octanol–water partition coefficient (Wildman–Crippen LogP) is 2.37. The van der Waals surface area contributed by atoms with Crippen LogP contribution in [0.4, 0.5) is 5.69 Å². The maximum Gasteiger partial charge on any atom is 0.311 e. The molecule has 24 heavy (non-hydrogen) atoms. The number of carbonyl (C=O) groups is 2. The largest absolute Gasteiger partial charge is 0.487 e. The summed E-state index contributed by atoms with van der Waals surface area (Å²) in [6, 6.07) is 3.98. The van der Waals surface area contributed by atoms with Gasteiger partial charge in [0.15, 0.2) is 5.75 Å². The second-order valence-corrected chi connectivity index (χ2v) is 5.73. The van der Waals surface area contributed by atoms with Crippen molar-refractivity contribution in [2.75, 3.05) is 6.61 Å². The van der Waals surface area contributed by atoms with E-state index in [0.717, 1.165) is 0 Å². The number of aliphatic carboxylic acids is 1. The zero-order valence-electron chi connectivity index (χ0n) is 13.4. The van der Waals surface area contributed by atoms with Gasteiger partial charge >= 0.3 is 11.7 Å². The molecule has 1 fully saturated rings. The fraction of sp³-hybridized carbons (Fsp3) is 0.500. The Kier molecular flexibility index (Phi) is 5.73. The first kappa shape index (κ1) is 17.7. The van der Waals surface area contributed by atoms with E-state index in [1.807, 2.05) is 0 Å². The number of nitro groups is 1. The molecule has 0 bridgehead atoms. The number of rotatable bonds is 6. The lowest BCUT2D eigenvalue weighted by molar-refractivity contribution is -0.385. The second kappa shape index (κ2) is 7.76. The topological polar surface area (TPSA) is 119 Å². The van der Waals surface area contributed by atoms with Crippen LogP contribution in [0, 0.1) is 16.0 Å². The highest BCUT2D eigenvalue weighted by Crippen LogP contribution is 2.29. The number of nitrogens with zero attached hydrogens (tertiary/aromatic N) is 1. The van der Waals surface area contributed by atoms with Crippen molar-refractivity contribution in [1.29, 1.82) is 0 Å².